The molecule has 3 aromatic heterocycles. The highest BCUT2D eigenvalue weighted by molar-refractivity contribution is 5.50. The fourth-order valence-corrected chi connectivity index (χ4v) is 4.36. The smallest absolute Gasteiger partial charge is 0.381 e. The average Bonchev–Trinajstić information content (AvgIpc) is 3.55. The molecule has 2 aliphatic rings. The van der Waals surface area contributed by atoms with E-state index in [9.17, 15) is 17.6 Å². The van der Waals surface area contributed by atoms with Crippen LogP contribution in [0.25, 0.3) is 5.65 Å². The SMILES string of the molecule is Cc1nn2cc(C3CC3)cnc2c1CNC1(c2ncc(C(F)(F)F)cc2F)CCOCC1. The summed E-state index contributed by atoms with van der Waals surface area (Å²) in [5.74, 6) is -0.421. The van der Waals surface area contributed by atoms with Gasteiger partial charge in [0.25, 0.3) is 0 Å². The van der Waals surface area contributed by atoms with Crippen molar-refractivity contribution in [3.05, 3.63) is 58.6 Å². The number of aromatic nitrogens is 4. The lowest BCUT2D eigenvalue weighted by Gasteiger charge is -2.38. The van der Waals surface area contributed by atoms with Gasteiger partial charge in [-0.2, -0.15) is 18.3 Å². The Labute approximate surface area is 182 Å². The summed E-state index contributed by atoms with van der Waals surface area (Å²) >= 11 is 0. The first-order valence-corrected chi connectivity index (χ1v) is 10.7. The van der Waals surface area contributed by atoms with Crippen LogP contribution in [0.3, 0.4) is 0 Å². The topological polar surface area (TPSA) is 64.3 Å². The van der Waals surface area contributed by atoms with Gasteiger partial charge < -0.3 is 10.1 Å². The predicted octanol–water partition coefficient (Wildman–Crippen LogP) is 4.26. The number of aryl methyl sites for hydroxylation is 1. The minimum atomic E-state index is -4.65. The number of rotatable bonds is 5. The summed E-state index contributed by atoms with van der Waals surface area (Å²) in [4.78, 5) is 8.51. The second kappa shape index (κ2) is 7.77. The van der Waals surface area contributed by atoms with Crippen LogP contribution in [0.5, 0.6) is 0 Å². The molecule has 32 heavy (non-hydrogen) atoms. The Morgan fingerprint density at radius 3 is 2.59 bits per heavy atom. The van der Waals surface area contributed by atoms with Crippen molar-refractivity contribution < 1.29 is 22.3 Å². The molecule has 1 aliphatic heterocycles. The van der Waals surface area contributed by atoms with Crippen LogP contribution in [-0.4, -0.2) is 32.8 Å². The highest BCUT2D eigenvalue weighted by Crippen LogP contribution is 2.40. The van der Waals surface area contributed by atoms with E-state index in [1.54, 1.807) is 4.52 Å². The number of alkyl halides is 3. The van der Waals surface area contributed by atoms with Gasteiger partial charge in [-0.25, -0.2) is 13.9 Å². The third kappa shape index (κ3) is 3.86. The van der Waals surface area contributed by atoms with Gasteiger partial charge in [0.15, 0.2) is 5.65 Å². The van der Waals surface area contributed by atoms with Crippen molar-refractivity contribution in [1.82, 2.24) is 24.9 Å². The predicted molar refractivity (Wildman–Crippen MR) is 107 cm³/mol. The summed E-state index contributed by atoms with van der Waals surface area (Å²) in [5.41, 5.74) is 1.47. The molecule has 5 rings (SSSR count). The number of nitrogens with zero attached hydrogens (tertiary/aromatic N) is 4. The van der Waals surface area contributed by atoms with Gasteiger partial charge in [-0.05, 0) is 50.2 Å². The third-order valence-electron chi connectivity index (χ3n) is 6.41. The van der Waals surface area contributed by atoms with Crippen LogP contribution in [0, 0.1) is 12.7 Å². The lowest BCUT2D eigenvalue weighted by molar-refractivity contribution is -0.138. The van der Waals surface area contributed by atoms with E-state index in [0.717, 1.165) is 29.7 Å². The van der Waals surface area contributed by atoms with E-state index in [1.807, 2.05) is 19.3 Å². The first-order valence-electron chi connectivity index (χ1n) is 10.7. The molecular formula is C22H23F4N5O. The summed E-state index contributed by atoms with van der Waals surface area (Å²) < 4.78 is 61.0. The Morgan fingerprint density at radius 2 is 1.94 bits per heavy atom. The maximum Gasteiger partial charge on any atom is 0.417 e. The molecular weight excluding hydrogens is 426 g/mol. The standard InChI is InChI=1S/C22H23F4N5O/c1-13-17(20-28-9-15(14-2-3-14)12-31(20)30-13)11-29-21(4-6-32-7-5-21)19-18(23)8-16(10-27-19)22(24,25)26/h8-10,12,14,29H,2-7,11H2,1H3. The second-order valence-corrected chi connectivity index (χ2v) is 8.59. The van der Waals surface area contributed by atoms with Crippen molar-refractivity contribution >= 4 is 5.65 Å². The maximum absolute atomic E-state index is 14.9. The Morgan fingerprint density at radius 1 is 1.19 bits per heavy atom. The lowest BCUT2D eigenvalue weighted by atomic mass is 9.85. The highest BCUT2D eigenvalue weighted by Gasteiger charge is 2.40. The molecule has 1 saturated carbocycles. The Kier molecular flexibility index (Phi) is 5.16. The van der Waals surface area contributed by atoms with E-state index in [0.29, 0.717) is 56.4 Å². The molecule has 0 atom stereocenters. The zero-order valence-corrected chi connectivity index (χ0v) is 17.5. The van der Waals surface area contributed by atoms with E-state index in [4.69, 9.17) is 4.74 Å². The molecule has 1 saturated heterocycles. The minimum Gasteiger partial charge on any atom is -0.381 e. The molecule has 1 aliphatic carbocycles. The molecule has 0 spiro atoms. The molecule has 0 radical (unpaired) electrons. The van der Waals surface area contributed by atoms with Crippen molar-refractivity contribution in [1.29, 1.82) is 0 Å². The second-order valence-electron chi connectivity index (χ2n) is 8.59. The molecule has 0 unspecified atom stereocenters. The van der Waals surface area contributed by atoms with Crippen LogP contribution in [0.4, 0.5) is 17.6 Å². The normalized spacial score (nSPS) is 18.9. The van der Waals surface area contributed by atoms with Crippen molar-refractivity contribution in [3.63, 3.8) is 0 Å². The number of fused-ring (bicyclic) bond motifs is 1. The molecule has 170 valence electrons. The van der Waals surface area contributed by atoms with Gasteiger partial charge in [0, 0.05) is 43.9 Å². The number of hydrogen-bond acceptors (Lipinski definition) is 5. The van der Waals surface area contributed by atoms with Gasteiger partial charge in [0.1, 0.15) is 5.82 Å². The monoisotopic (exact) mass is 449 g/mol. The largest absolute Gasteiger partial charge is 0.417 e. The van der Waals surface area contributed by atoms with Gasteiger partial charge >= 0.3 is 6.18 Å². The van der Waals surface area contributed by atoms with Gasteiger partial charge in [-0.15, -0.1) is 0 Å². The number of hydrogen-bond donors (Lipinski definition) is 1. The quantitative estimate of drug-likeness (QED) is 0.590. The van der Waals surface area contributed by atoms with Crippen molar-refractivity contribution in [2.75, 3.05) is 13.2 Å². The maximum atomic E-state index is 14.9. The van der Waals surface area contributed by atoms with Crippen LogP contribution in [0.1, 0.15) is 59.7 Å². The zero-order chi connectivity index (χ0) is 22.5. The Bertz CT molecular complexity index is 1150. The molecule has 1 N–H and O–H groups in total. The minimum absolute atomic E-state index is 0.0214. The molecule has 0 aromatic carbocycles. The average molecular weight is 449 g/mol. The molecule has 4 heterocycles. The molecule has 2 fully saturated rings. The van der Waals surface area contributed by atoms with E-state index in [1.165, 1.54) is 0 Å². The van der Waals surface area contributed by atoms with Crippen LogP contribution in [0.2, 0.25) is 0 Å². The number of nitrogens with one attached hydrogen (secondary N) is 1. The van der Waals surface area contributed by atoms with Crippen LogP contribution in [-0.2, 0) is 23.0 Å². The first-order chi connectivity index (χ1) is 15.3. The van der Waals surface area contributed by atoms with Gasteiger partial charge in [-0.3, -0.25) is 4.98 Å². The van der Waals surface area contributed by atoms with Gasteiger partial charge in [-0.1, -0.05) is 0 Å². The van der Waals surface area contributed by atoms with Crippen molar-refractivity contribution in [2.45, 2.75) is 56.8 Å². The van der Waals surface area contributed by atoms with E-state index < -0.39 is 23.1 Å². The summed E-state index contributed by atoms with van der Waals surface area (Å²) in [6.07, 6.45) is 3.02. The summed E-state index contributed by atoms with van der Waals surface area (Å²) in [7, 11) is 0. The molecule has 0 amide bonds. The fourth-order valence-electron chi connectivity index (χ4n) is 4.36. The number of pyridine rings is 1. The van der Waals surface area contributed by atoms with Gasteiger partial charge in [0.05, 0.1) is 22.5 Å². The lowest BCUT2D eigenvalue weighted by Crippen LogP contribution is -2.47. The molecule has 3 aromatic rings. The van der Waals surface area contributed by atoms with E-state index in [-0.39, 0.29) is 5.69 Å². The molecule has 10 heteroatoms. The number of halogens is 4. The Hall–Kier alpha value is -2.59. The summed E-state index contributed by atoms with van der Waals surface area (Å²) in [5, 5.41) is 7.95. The van der Waals surface area contributed by atoms with Crippen LogP contribution in [0.15, 0.2) is 24.7 Å². The van der Waals surface area contributed by atoms with Crippen molar-refractivity contribution in [2.24, 2.45) is 0 Å². The van der Waals surface area contributed by atoms with Crippen molar-refractivity contribution in [3.8, 4) is 0 Å². The van der Waals surface area contributed by atoms with Crippen LogP contribution < -0.4 is 5.32 Å². The van der Waals surface area contributed by atoms with Crippen LogP contribution >= 0.6 is 0 Å². The highest BCUT2D eigenvalue weighted by atomic mass is 19.4. The summed E-state index contributed by atoms with van der Waals surface area (Å²) in [6, 6.07) is 0.517. The van der Waals surface area contributed by atoms with Gasteiger partial charge in [0.2, 0.25) is 0 Å². The van der Waals surface area contributed by atoms with E-state index >= 15 is 0 Å². The number of ether oxygens (including phenoxy) is 1. The molecule has 0 bridgehead atoms. The Balaban J connectivity index is 1.46. The summed E-state index contributed by atoms with van der Waals surface area (Å²) in [6.45, 7) is 2.92. The first kappa shape index (κ1) is 21.3. The fraction of sp³-hybridized carbons (Fsp3) is 0.500. The van der Waals surface area contributed by atoms with E-state index in [2.05, 4.69) is 20.4 Å². The third-order valence-corrected chi connectivity index (χ3v) is 6.41. The molecule has 6 nitrogen and oxygen atoms in total. The zero-order valence-electron chi connectivity index (χ0n) is 17.5.